The molecule has 1 aliphatic heterocycles. The van der Waals surface area contributed by atoms with Gasteiger partial charge in [0.05, 0.1) is 21.8 Å². The van der Waals surface area contributed by atoms with Gasteiger partial charge in [-0.2, -0.15) is 0 Å². The first kappa shape index (κ1) is 28.0. The smallest absolute Gasteiger partial charge is 0.260 e. The van der Waals surface area contributed by atoms with E-state index in [1.807, 2.05) is 20.8 Å². The van der Waals surface area contributed by atoms with Gasteiger partial charge in [0, 0.05) is 40.4 Å². The number of benzene rings is 2. The van der Waals surface area contributed by atoms with Crippen LogP contribution in [0.15, 0.2) is 51.7 Å². The summed E-state index contributed by atoms with van der Waals surface area (Å²) in [6.45, 7) is 9.30. The molecule has 0 unspecified atom stereocenters. The van der Waals surface area contributed by atoms with Crippen molar-refractivity contribution in [3.8, 4) is 5.69 Å². The molecule has 202 valence electrons. The van der Waals surface area contributed by atoms with Crippen LogP contribution >= 0.6 is 39.1 Å². The molecular weight excluding hydrogens is 607 g/mol. The van der Waals surface area contributed by atoms with Crippen molar-refractivity contribution in [1.29, 1.82) is 0 Å². The van der Waals surface area contributed by atoms with E-state index in [-0.39, 0.29) is 21.8 Å². The number of fused-ring (bicyclic) bond motifs is 1. The van der Waals surface area contributed by atoms with E-state index in [0.29, 0.717) is 27.4 Å². The summed E-state index contributed by atoms with van der Waals surface area (Å²) in [6.07, 6.45) is 2.72. The molecule has 1 spiro atoms. The van der Waals surface area contributed by atoms with E-state index in [2.05, 4.69) is 43.8 Å². The number of aromatic nitrogens is 2. The molecule has 0 saturated carbocycles. The van der Waals surface area contributed by atoms with E-state index in [1.165, 1.54) is 15.7 Å². The van der Waals surface area contributed by atoms with Gasteiger partial charge in [-0.3, -0.25) is 9.36 Å². The molecule has 1 aliphatic carbocycles. The highest BCUT2D eigenvalue weighted by Crippen LogP contribution is 2.53. The average Bonchev–Trinajstić information content (AvgIpc) is 3.13. The van der Waals surface area contributed by atoms with E-state index in [4.69, 9.17) is 28.2 Å². The first-order chi connectivity index (χ1) is 17.9. The lowest BCUT2D eigenvalue weighted by molar-refractivity contribution is 0.176. The highest BCUT2D eigenvalue weighted by molar-refractivity contribution is 9.10. The molecule has 2 heterocycles. The maximum atomic E-state index is 13.2. The number of nitrogens with zero attached hydrogens (tertiary/aromatic N) is 3. The van der Waals surface area contributed by atoms with Gasteiger partial charge < -0.3 is 9.45 Å². The van der Waals surface area contributed by atoms with Crippen molar-refractivity contribution < 1.29 is 4.55 Å². The lowest BCUT2D eigenvalue weighted by Crippen LogP contribution is -2.50. The Balaban J connectivity index is 1.41. The molecule has 3 aromatic rings. The number of hydrogen-bond donors (Lipinski definition) is 1. The van der Waals surface area contributed by atoms with Gasteiger partial charge in [0.25, 0.3) is 5.56 Å². The van der Waals surface area contributed by atoms with Crippen molar-refractivity contribution in [2.75, 3.05) is 18.0 Å². The minimum atomic E-state index is -1.20. The zero-order valence-electron chi connectivity index (χ0n) is 21.9. The zero-order chi connectivity index (χ0) is 27.4. The molecule has 10 heteroatoms. The lowest BCUT2D eigenvalue weighted by Gasteiger charge is -2.44. The largest absolute Gasteiger partial charge is 0.598 e. The fourth-order valence-corrected chi connectivity index (χ4v) is 7.33. The second kappa shape index (κ2) is 10.5. The van der Waals surface area contributed by atoms with Gasteiger partial charge in [-0.15, -0.1) is 4.72 Å². The van der Waals surface area contributed by atoms with Crippen LogP contribution < -0.4 is 15.2 Å². The quantitative estimate of drug-likeness (QED) is 0.329. The van der Waals surface area contributed by atoms with E-state index in [0.717, 1.165) is 36.8 Å². The predicted octanol–water partition coefficient (Wildman–Crippen LogP) is 6.55. The molecule has 1 saturated heterocycles. The maximum absolute atomic E-state index is 13.2. The van der Waals surface area contributed by atoms with Gasteiger partial charge in [0.1, 0.15) is 16.4 Å². The number of anilines is 1. The van der Waals surface area contributed by atoms with Gasteiger partial charge in [0.15, 0.2) is 0 Å². The first-order valence-corrected chi connectivity index (χ1v) is 15.4. The number of aryl methyl sites for hydroxylation is 1. The van der Waals surface area contributed by atoms with Crippen molar-refractivity contribution in [2.45, 2.75) is 57.7 Å². The van der Waals surface area contributed by atoms with Crippen molar-refractivity contribution in [2.24, 2.45) is 5.41 Å². The number of hydrogen-bond acceptors (Lipinski definition) is 5. The highest BCUT2D eigenvalue weighted by atomic mass is 79.9. The Morgan fingerprint density at radius 2 is 1.87 bits per heavy atom. The third-order valence-corrected chi connectivity index (χ3v) is 10.5. The Kier molecular flexibility index (Phi) is 7.70. The van der Waals surface area contributed by atoms with Crippen molar-refractivity contribution in [3.63, 3.8) is 0 Å². The van der Waals surface area contributed by atoms with Crippen LogP contribution in [0.3, 0.4) is 0 Å². The molecule has 2 aromatic carbocycles. The van der Waals surface area contributed by atoms with Crippen LogP contribution in [-0.2, 0) is 17.8 Å². The molecular formula is C28H31BrCl2N4O2S. The average molecular weight is 638 g/mol. The molecule has 0 radical (unpaired) electrons. The topological polar surface area (TPSA) is 73.2 Å². The number of rotatable bonds is 4. The van der Waals surface area contributed by atoms with Crippen LogP contribution in [0.25, 0.3) is 5.69 Å². The highest BCUT2D eigenvalue weighted by Gasteiger charge is 2.50. The Bertz CT molecular complexity index is 1430. The monoisotopic (exact) mass is 636 g/mol. The summed E-state index contributed by atoms with van der Waals surface area (Å²) in [7, 11) is 0. The SMILES string of the molecule is Cc1nc(N2CCC3(CC2)Cc2ccc(Br)cc2[C@H]3N[S@+]([O-])C(C)(C)C)cc(=O)n1-c1cccc(Cl)c1Cl. The van der Waals surface area contributed by atoms with Crippen LogP contribution in [0.2, 0.25) is 10.0 Å². The number of nitrogens with one attached hydrogen (secondary N) is 1. The van der Waals surface area contributed by atoms with E-state index in [1.54, 1.807) is 31.2 Å². The summed E-state index contributed by atoms with van der Waals surface area (Å²) >= 11 is 15.0. The number of halogens is 3. The third-order valence-electron chi connectivity index (χ3n) is 7.68. The van der Waals surface area contributed by atoms with Crippen molar-refractivity contribution in [3.05, 3.63) is 84.3 Å². The lowest BCUT2D eigenvalue weighted by atomic mass is 9.73. The first-order valence-electron chi connectivity index (χ1n) is 12.7. The minimum absolute atomic E-state index is 0.00937. The molecule has 0 amide bonds. The zero-order valence-corrected chi connectivity index (χ0v) is 25.8. The fourth-order valence-electron chi connectivity index (χ4n) is 5.63. The van der Waals surface area contributed by atoms with Gasteiger partial charge in [-0.25, -0.2) is 4.98 Å². The second-order valence-corrected chi connectivity index (χ2v) is 14.9. The van der Waals surface area contributed by atoms with Crippen LogP contribution in [0.1, 0.15) is 56.6 Å². The summed E-state index contributed by atoms with van der Waals surface area (Å²) in [5, 5.41) is 0.716. The van der Waals surface area contributed by atoms with E-state index in [9.17, 15) is 9.35 Å². The Labute approximate surface area is 245 Å². The minimum Gasteiger partial charge on any atom is -0.598 e. The van der Waals surface area contributed by atoms with E-state index < -0.39 is 11.4 Å². The summed E-state index contributed by atoms with van der Waals surface area (Å²) in [5.41, 5.74) is 2.79. The fraction of sp³-hybridized carbons (Fsp3) is 0.429. The molecule has 1 fully saturated rings. The van der Waals surface area contributed by atoms with Crippen LogP contribution in [0, 0.1) is 12.3 Å². The molecule has 5 rings (SSSR count). The van der Waals surface area contributed by atoms with Crippen molar-refractivity contribution >= 4 is 56.3 Å². The third kappa shape index (κ3) is 5.16. The Morgan fingerprint density at radius 1 is 1.16 bits per heavy atom. The summed E-state index contributed by atoms with van der Waals surface area (Å²) in [5.74, 6) is 1.22. The standard InChI is InChI=1S/C28H31BrCl2N4O2S/c1-17-32-23(15-24(36)35(17)22-7-5-6-21(30)25(22)31)34-12-10-28(11-13-34)16-18-8-9-19(29)14-20(18)26(28)33-38(37)27(2,3)4/h5-9,14-15,26,33H,10-13,16H2,1-4H3/t26-,38-/m1/s1. The molecule has 6 nitrogen and oxygen atoms in total. The Hall–Kier alpha value is -1.55. The molecule has 38 heavy (non-hydrogen) atoms. The van der Waals surface area contributed by atoms with Crippen LogP contribution in [0.4, 0.5) is 5.82 Å². The maximum Gasteiger partial charge on any atom is 0.260 e. The number of piperidine rings is 1. The normalized spacial score (nSPS) is 19.6. The molecule has 1 N–H and O–H groups in total. The van der Waals surface area contributed by atoms with Crippen LogP contribution in [-0.4, -0.2) is 31.9 Å². The van der Waals surface area contributed by atoms with Gasteiger partial charge in [-0.1, -0.05) is 51.3 Å². The van der Waals surface area contributed by atoms with Gasteiger partial charge >= 0.3 is 0 Å². The molecule has 0 bridgehead atoms. The van der Waals surface area contributed by atoms with E-state index >= 15 is 0 Å². The molecule has 1 aromatic heterocycles. The van der Waals surface area contributed by atoms with Gasteiger partial charge in [-0.05, 0) is 82.3 Å². The summed E-state index contributed by atoms with van der Waals surface area (Å²) in [4.78, 5) is 20.2. The van der Waals surface area contributed by atoms with Gasteiger partial charge in [0.2, 0.25) is 0 Å². The Morgan fingerprint density at radius 3 is 2.53 bits per heavy atom. The summed E-state index contributed by atoms with van der Waals surface area (Å²) in [6, 6.07) is 13.2. The molecule has 2 aliphatic rings. The predicted molar refractivity (Wildman–Crippen MR) is 160 cm³/mol. The van der Waals surface area contributed by atoms with Crippen molar-refractivity contribution in [1.82, 2.24) is 14.3 Å². The van der Waals surface area contributed by atoms with Crippen LogP contribution in [0.5, 0.6) is 0 Å². The second-order valence-electron chi connectivity index (χ2n) is 11.2. The summed E-state index contributed by atoms with van der Waals surface area (Å²) < 4.78 is 18.9. The molecule has 2 atom stereocenters.